The van der Waals surface area contributed by atoms with Gasteiger partial charge >= 0.3 is 5.97 Å². The van der Waals surface area contributed by atoms with Gasteiger partial charge < -0.3 is 10.0 Å². The predicted molar refractivity (Wildman–Crippen MR) is 63.4 cm³/mol. The zero-order valence-corrected chi connectivity index (χ0v) is 10.4. The van der Waals surface area contributed by atoms with Gasteiger partial charge in [-0.05, 0) is 18.3 Å². The van der Waals surface area contributed by atoms with E-state index in [0.717, 1.165) is 12.8 Å². The Balaban J connectivity index is 2.02. The third-order valence-corrected chi connectivity index (χ3v) is 4.14. The zero-order valence-electron chi connectivity index (χ0n) is 10.4. The number of carboxylic acid groups (broad SMARTS) is 1. The molecule has 2 rings (SSSR count). The van der Waals surface area contributed by atoms with Crippen LogP contribution in [-0.4, -0.2) is 35.0 Å². The maximum absolute atomic E-state index is 12.2. The first-order valence-corrected chi connectivity index (χ1v) is 6.04. The molecule has 1 N–H and O–H groups in total. The quantitative estimate of drug-likeness (QED) is 0.741. The molecule has 1 saturated carbocycles. The van der Waals surface area contributed by atoms with Gasteiger partial charge in [-0.1, -0.05) is 26.0 Å². The summed E-state index contributed by atoms with van der Waals surface area (Å²) in [5.74, 6) is -1.70. The van der Waals surface area contributed by atoms with Gasteiger partial charge in [0.2, 0.25) is 5.91 Å². The van der Waals surface area contributed by atoms with Crippen LogP contribution in [0.5, 0.6) is 0 Å². The van der Waals surface area contributed by atoms with Gasteiger partial charge in [-0.25, -0.2) is 0 Å². The lowest BCUT2D eigenvalue weighted by molar-refractivity contribution is -0.142. The highest BCUT2D eigenvalue weighted by Crippen LogP contribution is 2.59. The molecule has 1 aliphatic heterocycles. The highest BCUT2D eigenvalue weighted by atomic mass is 16.4. The van der Waals surface area contributed by atoms with E-state index in [2.05, 4.69) is 6.58 Å². The number of aliphatic carboxylic acids is 1. The number of piperidine rings is 1. The molecule has 0 unspecified atom stereocenters. The smallest absolute Gasteiger partial charge is 0.307 e. The van der Waals surface area contributed by atoms with Crippen molar-refractivity contribution in [3.8, 4) is 0 Å². The molecule has 0 spiro atoms. The minimum absolute atomic E-state index is 0.00917. The van der Waals surface area contributed by atoms with Crippen molar-refractivity contribution < 1.29 is 14.7 Å². The Bertz CT molecular complexity index is 376. The summed E-state index contributed by atoms with van der Waals surface area (Å²) in [5.41, 5.74) is 0.788. The second-order valence-corrected chi connectivity index (χ2v) is 5.69. The first-order chi connectivity index (χ1) is 7.85. The fourth-order valence-electron chi connectivity index (χ4n) is 2.80. The van der Waals surface area contributed by atoms with Gasteiger partial charge in [-0.15, -0.1) is 0 Å². The summed E-state index contributed by atoms with van der Waals surface area (Å²) in [5, 5.41) is 9.06. The van der Waals surface area contributed by atoms with Gasteiger partial charge in [-0.3, -0.25) is 9.59 Å². The van der Waals surface area contributed by atoms with Gasteiger partial charge in [0.1, 0.15) is 0 Å². The van der Waals surface area contributed by atoms with Crippen LogP contribution < -0.4 is 0 Å². The summed E-state index contributed by atoms with van der Waals surface area (Å²) in [6.07, 6.45) is 1.69. The van der Waals surface area contributed by atoms with E-state index in [0.29, 0.717) is 13.1 Å². The average molecular weight is 237 g/mol. The highest BCUT2D eigenvalue weighted by molar-refractivity contribution is 5.91. The molecule has 1 heterocycles. The van der Waals surface area contributed by atoms with Crippen molar-refractivity contribution in [3.05, 3.63) is 12.2 Å². The normalized spacial score (nSPS) is 31.2. The maximum atomic E-state index is 12.2. The molecular formula is C13H19NO3. The number of likely N-dealkylation sites (tertiary alicyclic amines) is 1. The molecule has 0 radical (unpaired) electrons. The largest absolute Gasteiger partial charge is 0.481 e. The Morgan fingerprint density at radius 3 is 2.24 bits per heavy atom. The second kappa shape index (κ2) is 3.86. The van der Waals surface area contributed by atoms with Crippen LogP contribution in [0.1, 0.15) is 26.7 Å². The summed E-state index contributed by atoms with van der Waals surface area (Å²) in [4.78, 5) is 25.1. The van der Waals surface area contributed by atoms with Crippen LogP contribution in [0.25, 0.3) is 0 Å². The number of amides is 1. The SMILES string of the molecule is C=C1CCN(C(=O)[C@H]2[C@@H](C(=O)O)C2(C)C)CC1. The van der Waals surface area contributed by atoms with Crippen LogP contribution in [0.4, 0.5) is 0 Å². The van der Waals surface area contributed by atoms with Crippen LogP contribution >= 0.6 is 0 Å². The van der Waals surface area contributed by atoms with Crippen molar-refractivity contribution in [1.82, 2.24) is 4.90 Å². The van der Waals surface area contributed by atoms with Gasteiger partial charge in [0.15, 0.2) is 0 Å². The maximum Gasteiger partial charge on any atom is 0.307 e. The first-order valence-electron chi connectivity index (χ1n) is 6.04. The van der Waals surface area contributed by atoms with E-state index >= 15 is 0 Å². The minimum Gasteiger partial charge on any atom is -0.481 e. The molecule has 4 nitrogen and oxygen atoms in total. The zero-order chi connectivity index (χ0) is 12.8. The molecular weight excluding hydrogens is 218 g/mol. The molecule has 1 saturated heterocycles. The Morgan fingerprint density at radius 1 is 1.29 bits per heavy atom. The summed E-state index contributed by atoms with van der Waals surface area (Å²) in [6.45, 7) is 9.01. The Kier molecular flexibility index (Phi) is 2.76. The molecule has 2 fully saturated rings. The lowest BCUT2D eigenvalue weighted by Gasteiger charge is -2.28. The van der Waals surface area contributed by atoms with Crippen molar-refractivity contribution in [2.45, 2.75) is 26.7 Å². The van der Waals surface area contributed by atoms with E-state index in [1.54, 1.807) is 4.90 Å². The minimum atomic E-state index is -0.852. The monoisotopic (exact) mass is 237 g/mol. The molecule has 1 aliphatic carbocycles. The number of carboxylic acids is 1. The van der Waals surface area contributed by atoms with Crippen LogP contribution in [-0.2, 0) is 9.59 Å². The average Bonchev–Trinajstić information content (AvgIpc) is 2.82. The van der Waals surface area contributed by atoms with Gasteiger partial charge in [-0.2, -0.15) is 0 Å². The fourth-order valence-corrected chi connectivity index (χ4v) is 2.80. The number of carbonyl (C=O) groups excluding carboxylic acids is 1. The standard InChI is InChI=1S/C13H19NO3/c1-8-4-6-14(7-5-8)11(15)9-10(12(16)17)13(9,2)3/h9-10H,1,4-7H2,2-3H3,(H,16,17)/t9-,10+/m1/s1. The molecule has 17 heavy (non-hydrogen) atoms. The van der Waals surface area contributed by atoms with E-state index < -0.39 is 17.3 Å². The lowest BCUT2D eigenvalue weighted by Crippen LogP contribution is -2.38. The number of rotatable bonds is 2. The number of nitrogens with zero attached hydrogens (tertiary/aromatic N) is 1. The van der Waals surface area contributed by atoms with E-state index in [-0.39, 0.29) is 11.8 Å². The van der Waals surface area contributed by atoms with Crippen molar-refractivity contribution in [2.24, 2.45) is 17.3 Å². The van der Waals surface area contributed by atoms with E-state index in [1.807, 2.05) is 13.8 Å². The molecule has 0 aromatic heterocycles. The van der Waals surface area contributed by atoms with Gasteiger partial charge in [0.05, 0.1) is 11.8 Å². The van der Waals surface area contributed by atoms with E-state index in [9.17, 15) is 9.59 Å². The van der Waals surface area contributed by atoms with Crippen molar-refractivity contribution >= 4 is 11.9 Å². The van der Waals surface area contributed by atoms with E-state index in [1.165, 1.54) is 5.57 Å². The third-order valence-electron chi connectivity index (χ3n) is 4.14. The van der Waals surface area contributed by atoms with Crippen LogP contribution in [0.3, 0.4) is 0 Å². The Labute approximate surface area is 101 Å². The van der Waals surface area contributed by atoms with Crippen molar-refractivity contribution in [2.75, 3.05) is 13.1 Å². The van der Waals surface area contributed by atoms with Crippen LogP contribution in [0.15, 0.2) is 12.2 Å². The predicted octanol–water partition coefficient (Wildman–Crippen LogP) is 1.52. The molecule has 2 atom stereocenters. The Hall–Kier alpha value is -1.32. The van der Waals surface area contributed by atoms with Crippen molar-refractivity contribution in [1.29, 1.82) is 0 Å². The number of carbonyl (C=O) groups is 2. The number of hydrogen-bond donors (Lipinski definition) is 1. The summed E-state index contributed by atoms with van der Waals surface area (Å²) >= 11 is 0. The lowest BCUT2D eigenvalue weighted by atomic mass is 10.0. The topological polar surface area (TPSA) is 57.6 Å². The molecule has 4 heteroatoms. The first kappa shape index (κ1) is 12.1. The number of hydrogen-bond acceptors (Lipinski definition) is 2. The molecule has 94 valence electrons. The molecule has 0 bridgehead atoms. The van der Waals surface area contributed by atoms with Crippen LogP contribution in [0, 0.1) is 17.3 Å². The van der Waals surface area contributed by atoms with E-state index in [4.69, 9.17) is 5.11 Å². The fraction of sp³-hybridized carbons (Fsp3) is 0.692. The van der Waals surface area contributed by atoms with Crippen molar-refractivity contribution in [3.63, 3.8) is 0 Å². The summed E-state index contributed by atoms with van der Waals surface area (Å²) < 4.78 is 0. The molecule has 0 aromatic carbocycles. The molecule has 1 amide bonds. The summed E-state index contributed by atoms with van der Waals surface area (Å²) in [6, 6.07) is 0. The van der Waals surface area contributed by atoms with Crippen LogP contribution in [0.2, 0.25) is 0 Å². The van der Waals surface area contributed by atoms with Gasteiger partial charge in [0, 0.05) is 13.1 Å². The molecule has 0 aromatic rings. The second-order valence-electron chi connectivity index (χ2n) is 5.69. The summed E-state index contributed by atoms with van der Waals surface area (Å²) in [7, 11) is 0. The highest BCUT2D eigenvalue weighted by Gasteiger charge is 2.66. The molecule has 2 aliphatic rings. The van der Waals surface area contributed by atoms with Gasteiger partial charge in [0.25, 0.3) is 0 Å². The Morgan fingerprint density at radius 2 is 1.82 bits per heavy atom. The third kappa shape index (κ3) is 1.96.